The third-order valence-electron chi connectivity index (χ3n) is 2.23. The van der Waals surface area contributed by atoms with E-state index >= 15 is 0 Å². The van der Waals surface area contributed by atoms with E-state index in [1.807, 2.05) is 0 Å². The van der Waals surface area contributed by atoms with E-state index in [9.17, 15) is 13.2 Å². The standard InChI is InChI=1S/C10H8N2O4S/c11-4-1-5-17(14,15)7-2-3-9-8(6-7)12-10(13)16-9/h2-3,6H,1,5H2,(H,12,13). The number of rotatable bonds is 3. The minimum absolute atomic E-state index is 0.0669. The number of fused-ring (bicyclic) bond motifs is 1. The van der Waals surface area contributed by atoms with Gasteiger partial charge in [-0.15, -0.1) is 0 Å². The van der Waals surface area contributed by atoms with Crippen LogP contribution in [0.5, 0.6) is 0 Å². The van der Waals surface area contributed by atoms with Crippen molar-refractivity contribution in [1.82, 2.24) is 4.98 Å². The zero-order valence-corrected chi connectivity index (χ0v) is 9.45. The quantitative estimate of drug-likeness (QED) is 0.870. The fourth-order valence-electron chi connectivity index (χ4n) is 1.42. The third kappa shape index (κ3) is 2.21. The largest absolute Gasteiger partial charge is 0.417 e. The molecule has 0 bridgehead atoms. The summed E-state index contributed by atoms with van der Waals surface area (Å²) in [5.74, 6) is -0.872. The Morgan fingerprint density at radius 3 is 2.88 bits per heavy atom. The number of nitriles is 1. The minimum Gasteiger partial charge on any atom is -0.408 e. The molecule has 0 saturated heterocycles. The van der Waals surface area contributed by atoms with Gasteiger partial charge in [-0.3, -0.25) is 4.98 Å². The molecule has 0 aliphatic rings. The van der Waals surface area contributed by atoms with Gasteiger partial charge in [0.05, 0.1) is 22.2 Å². The molecular weight excluding hydrogens is 244 g/mol. The summed E-state index contributed by atoms with van der Waals surface area (Å²) in [5, 5.41) is 8.37. The number of hydrogen-bond donors (Lipinski definition) is 1. The summed E-state index contributed by atoms with van der Waals surface area (Å²) in [5.41, 5.74) is 0.627. The maximum atomic E-state index is 11.8. The van der Waals surface area contributed by atoms with E-state index in [0.29, 0.717) is 11.1 Å². The second kappa shape index (κ2) is 4.07. The van der Waals surface area contributed by atoms with E-state index in [4.69, 9.17) is 9.68 Å². The van der Waals surface area contributed by atoms with Gasteiger partial charge in [-0.1, -0.05) is 0 Å². The molecule has 88 valence electrons. The van der Waals surface area contributed by atoms with Crippen LogP contribution in [0.1, 0.15) is 6.42 Å². The molecule has 7 heteroatoms. The summed E-state index contributed by atoms with van der Waals surface area (Å²) < 4.78 is 28.3. The molecule has 2 rings (SSSR count). The van der Waals surface area contributed by atoms with Gasteiger partial charge in [0.25, 0.3) is 0 Å². The van der Waals surface area contributed by atoms with E-state index in [1.165, 1.54) is 18.2 Å². The fraction of sp³-hybridized carbons (Fsp3) is 0.200. The van der Waals surface area contributed by atoms with E-state index in [-0.39, 0.29) is 17.1 Å². The van der Waals surface area contributed by atoms with E-state index in [2.05, 4.69) is 4.98 Å². The van der Waals surface area contributed by atoms with Crippen LogP contribution >= 0.6 is 0 Å². The Bertz CT molecular complexity index is 748. The fourth-order valence-corrected chi connectivity index (χ4v) is 2.59. The number of nitrogens with one attached hydrogen (secondary N) is 1. The number of H-pyrrole nitrogens is 1. The lowest BCUT2D eigenvalue weighted by atomic mass is 10.3. The highest BCUT2D eigenvalue weighted by atomic mass is 32.2. The highest BCUT2D eigenvalue weighted by Gasteiger charge is 2.15. The van der Waals surface area contributed by atoms with Gasteiger partial charge in [0.1, 0.15) is 0 Å². The van der Waals surface area contributed by atoms with Crippen molar-refractivity contribution in [2.24, 2.45) is 0 Å². The number of sulfone groups is 1. The summed E-state index contributed by atoms with van der Waals surface area (Å²) in [6.07, 6.45) is -0.0672. The number of benzene rings is 1. The molecule has 0 spiro atoms. The maximum Gasteiger partial charge on any atom is 0.417 e. The minimum atomic E-state index is -3.49. The van der Waals surface area contributed by atoms with Crippen LogP contribution in [0.3, 0.4) is 0 Å². The number of nitrogens with zero attached hydrogens (tertiary/aromatic N) is 1. The molecule has 1 aromatic carbocycles. The highest BCUT2D eigenvalue weighted by molar-refractivity contribution is 7.91. The van der Waals surface area contributed by atoms with Gasteiger partial charge in [0, 0.05) is 6.42 Å². The molecule has 6 nitrogen and oxygen atoms in total. The van der Waals surface area contributed by atoms with Crippen LogP contribution in [0.25, 0.3) is 11.1 Å². The van der Waals surface area contributed by atoms with Gasteiger partial charge in [-0.25, -0.2) is 13.2 Å². The molecule has 0 atom stereocenters. The van der Waals surface area contributed by atoms with Gasteiger partial charge in [-0.05, 0) is 18.2 Å². The maximum absolute atomic E-state index is 11.8. The topological polar surface area (TPSA) is 104 Å². The van der Waals surface area contributed by atoms with Crippen molar-refractivity contribution >= 4 is 20.9 Å². The van der Waals surface area contributed by atoms with Crippen LogP contribution in [0, 0.1) is 11.3 Å². The van der Waals surface area contributed by atoms with Gasteiger partial charge in [0.2, 0.25) is 0 Å². The average Bonchev–Trinajstić information content (AvgIpc) is 2.65. The highest BCUT2D eigenvalue weighted by Crippen LogP contribution is 2.17. The monoisotopic (exact) mass is 252 g/mol. The van der Waals surface area contributed by atoms with Crippen LogP contribution in [-0.2, 0) is 9.84 Å². The predicted molar refractivity (Wildman–Crippen MR) is 59.1 cm³/mol. The summed E-state index contributed by atoms with van der Waals surface area (Å²) in [6.45, 7) is 0. The second-order valence-electron chi connectivity index (χ2n) is 3.40. The molecule has 0 amide bonds. The lowest BCUT2D eigenvalue weighted by Crippen LogP contribution is -2.06. The Labute approximate surface area is 96.4 Å². The molecule has 0 unspecified atom stereocenters. The SMILES string of the molecule is N#CCCS(=O)(=O)c1ccc2oc(=O)[nH]c2c1. The molecule has 1 heterocycles. The number of oxazole rings is 1. The Kier molecular flexibility index (Phi) is 2.73. The van der Waals surface area contributed by atoms with Crippen molar-refractivity contribution in [1.29, 1.82) is 5.26 Å². The predicted octanol–water partition coefficient (Wildman–Crippen LogP) is 0.808. The van der Waals surface area contributed by atoms with Gasteiger partial charge >= 0.3 is 5.76 Å². The zero-order chi connectivity index (χ0) is 12.5. The van der Waals surface area contributed by atoms with Gasteiger partial charge in [-0.2, -0.15) is 5.26 Å². The van der Waals surface area contributed by atoms with Gasteiger partial charge in [0.15, 0.2) is 15.4 Å². The van der Waals surface area contributed by atoms with Crippen molar-refractivity contribution in [3.63, 3.8) is 0 Å². The molecule has 2 aromatic rings. The lowest BCUT2D eigenvalue weighted by Gasteiger charge is -2.00. The van der Waals surface area contributed by atoms with Crippen molar-refractivity contribution in [3.8, 4) is 6.07 Å². The van der Waals surface area contributed by atoms with Crippen molar-refractivity contribution in [3.05, 3.63) is 28.7 Å². The van der Waals surface area contributed by atoms with Crippen LogP contribution in [0.4, 0.5) is 0 Å². The van der Waals surface area contributed by atoms with Crippen molar-refractivity contribution in [2.45, 2.75) is 11.3 Å². The first kappa shape index (κ1) is 11.4. The van der Waals surface area contributed by atoms with Crippen LogP contribution < -0.4 is 5.76 Å². The first-order valence-corrected chi connectivity index (χ1v) is 6.41. The van der Waals surface area contributed by atoms with Crippen LogP contribution in [-0.4, -0.2) is 19.2 Å². The zero-order valence-electron chi connectivity index (χ0n) is 8.63. The van der Waals surface area contributed by atoms with Gasteiger partial charge < -0.3 is 4.42 Å². The molecule has 1 aromatic heterocycles. The second-order valence-corrected chi connectivity index (χ2v) is 5.51. The molecule has 0 aliphatic heterocycles. The molecule has 0 saturated carbocycles. The lowest BCUT2D eigenvalue weighted by molar-refractivity contribution is 0.555. The summed E-state index contributed by atoms with van der Waals surface area (Å²) in [4.78, 5) is 13.3. The van der Waals surface area contributed by atoms with E-state index < -0.39 is 15.6 Å². The first-order chi connectivity index (χ1) is 8.03. The Morgan fingerprint density at radius 1 is 1.41 bits per heavy atom. The Hall–Kier alpha value is -2.07. The molecule has 1 N–H and O–H groups in total. The van der Waals surface area contributed by atoms with Crippen molar-refractivity contribution < 1.29 is 12.8 Å². The summed E-state index contributed by atoms with van der Waals surface area (Å²) in [6, 6.07) is 5.87. The van der Waals surface area contributed by atoms with Crippen LogP contribution in [0.2, 0.25) is 0 Å². The normalized spacial score (nSPS) is 11.5. The first-order valence-electron chi connectivity index (χ1n) is 4.75. The average molecular weight is 252 g/mol. The van der Waals surface area contributed by atoms with Crippen LogP contribution in [0.15, 0.2) is 32.3 Å². The molecule has 0 fully saturated rings. The smallest absolute Gasteiger partial charge is 0.408 e. The number of aromatic amines is 1. The third-order valence-corrected chi connectivity index (χ3v) is 3.95. The van der Waals surface area contributed by atoms with E-state index in [0.717, 1.165) is 0 Å². The molecule has 17 heavy (non-hydrogen) atoms. The summed E-state index contributed by atoms with van der Waals surface area (Å²) >= 11 is 0. The summed E-state index contributed by atoms with van der Waals surface area (Å²) in [7, 11) is -3.49. The molecule has 0 radical (unpaired) electrons. The van der Waals surface area contributed by atoms with Crippen molar-refractivity contribution in [2.75, 3.05) is 5.75 Å². The molecular formula is C10H8N2O4S. The number of hydrogen-bond acceptors (Lipinski definition) is 5. The number of aromatic nitrogens is 1. The molecule has 0 aliphatic carbocycles. The van der Waals surface area contributed by atoms with E-state index in [1.54, 1.807) is 6.07 Å². The Balaban J connectivity index is 2.49. The Morgan fingerprint density at radius 2 is 2.18 bits per heavy atom.